The molecular weight excluding hydrogens is 373 g/mol. The standard InChI is InChI=1S/C18H22INO/c1-4-18(15-7-11-17(21-3)12-8-15)20-13(2)14-5-9-16(19)10-6-14/h5-13,18,20H,4H2,1-3H3. The summed E-state index contributed by atoms with van der Waals surface area (Å²) in [5.41, 5.74) is 2.62. The Morgan fingerprint density at radius 2 is 1.57 bits per heavy atom. The van der Waals surface area contributed by atoms with Gasteiger partial charge in [-0.15, -0.1) is 0 Å². The average Bonchev–Trinajstić information content (AvgIpc) is 2.53. The molecule has 2 aromatic carbocycles. The number of halogens is 1. The second kappa shape index (κ2) is 7.80. The average molecular weight is 395 g/mol. The van der Waals surface area contributed by atoms with Crippen LogP contribution in [-0.2, 0) is 0 Å². The number of benzene rings is 2. The first-order chi connectivity index (χ1) is 10.1. The summed E-state index contributed by atoms with van der Waals surface area (Å²) in [4.78, 5) is 0. The van der Waals surface area contributed by atoms with Gasteiger partial charge in [-0.05, 0) is 71.3 Å². The number of nitrogens with one attached hydrogen (secondary N) is 1. The zero-order valence-electron chi connectivity index (χ0n) is 12.8. The van der Waals surface area contributed by atoms with Crippen molar-refractivity contribution in [3.05, 3.63) is 63.2 Å². The number of rotatable bonds is 6. The van der Waals surface area contributed by atoms with Crippen LogP contribution in [0.25, 0.3) is 0 Å². The van der Waals surface area contributed by atoms with E-state index in [9.17, 15) is 0 Å². The molecule has 0 amide bonds. The minimum atomic E-state index is 0.328. The third kappa shape index (κ3) is 4.45. The molecular formula is C18H22INO. The van der Waals surface area contributed by atoms with Crippen molar-refractivity contribution >= 4 is 22.6 Å². The van der Waals surface area contributed by atoms with Gasteiger partial charge in [0.25, 0.3) is 0 Å². The van der Waals surface area contributed by atoms with Gasteiger partial charge < -0.3 is 10.1 Å². The first kappa shape index (κ1) is 16.3. The van der Waals surface area contributed by atoms with Gasteiger partial charge in [0.1, 0.15) is 5.75 Å². The molecule has 2 atom stereocenters. The molecule has 1 N–H and O–H groups in total. The molecule has 112 valence electrons. The molecule has 21 heavy (non-hydrogen) atoms. The Morgan fingerprint density at radius 3 is 2.10 bits per heavy atom. The Balaban J connectivity index is 2.08. The highest BCUT2D eigenvalue weighted by Gasteiger charge is 2.13. The maximum Gasteiger partial charge on any atom is 0.118 e. The minimum Gasteiger partial charge on any atom is -0.497 e. The number of methoxy groups -OCH3 is 1. The molecule has 0 aliphatic rings. The molecule has 0 aliphatic carbocycles. The Kier molecular flexibility index (Phi) is 6.06. The molecule has 2 rings (SSSR count). The highest BCUT2D eigenvalue weighted by molar-refractivity contribution is 14.1. The van der Waals surface area contributed by atoms with E-state index in [1.54, 1.807) is 7.11 Å². The van der Waals surface area contributed by atoms with Crippen molar-refractivity contribution in [3.63, 3.8) is 0 Å². The molecule has 0 aromatic heterocycles. The first-order valence-electron chi connectivity index (χ1n) is 7.29. The molecule has 0 saturated carbocycles. The van der Waals surface area contributed by atoms with Crippen molar-refractivity contribution in [2.45, 2.75) is 32.4 Å². The van der Waals surface area contributed by atoms with Crippen molar-refractivity contribution < 1.29 is 4.74 Å². The molecule has 0 fully saturated rings. The Bertz CT molecular complexity index is 550. The van der Waals surface area contributed by atoms with Gasteiger partial charge in [-0.2, -0.15) is 0 Å². The normalized spacial score (nSPS) is 13.7. The van der Waals surface area contributed by atoms with Crippen LogP contribution in [-0.4, -0.2) is 7.11 Å². The third-order valence-electron chi connectivity index (χ3n) is 3.75. The molecule has 2 unspecified atom stereocenters. The maximum absolute atomic E-state index is 5.22. The second-order valence-corrected chi connectivity index (χ2v) is 6.42. The molecule has 0 saturated heterocycles. The lowest BCUT2D eigenvalue weighted by Crippen LogP contribution is -2.24. The maximum atomic E-state index is 5.22. The van der Waals surface area contributed by atoms with E-state index in [-0.39, 0.29) is 0 Å². The van der Waals surface area contributed by atoms with Gasteiger partial charge in [-0.3, -0.25) is 0 Å². The van der Waals surface area contributed by atoms with Crippen LogP contribution >= 0.6 is 22.6 Å². The van der Waals surface area contributed by atoms with Crippen LogP contribution in [0.1, 0.15) is 43.5 Å². The molecule has 2 aromatic rings. The fourth-order valence-corrected chi connectivity index (χ4v) is 2.80. The van der Waals surface area contributed by atoms with Crippen molar-refractivity contribution in [2.75, 3.05) is 7.11 Å². The topological polar surface area (TPSA) is 21.3 Å². The van der Waals surface area contributed by atoms with E-state index in [1.807, 2.05) is 12.1 Å². The fourth-order valence-electron chi connectivity index (χ4n) is 2.44. The zero-order chi connectivity index (χ0) is 15.2. The van der Waals surface area contributed by atoms with E-state index < -0.39 is 0 Å². The van der Waals surface area contributed by atoms with E-state index in [0.717, 1.165) is 12.2 Å². The van der Waals surface area contributed by atoms with Crippen molar-refractivity contribution in [1.29, 1.82) is 0 Å². The van der Waals surface area contributed by atoms with Gasteiger partial charge in [0.15, 0.2) is 0 Å². The monoisotopic (exact) mass is 395 g/mol. The van der Waals surface area contributed by atoms with Crippen LogP contribution in [0.3, 0.4) is 0 Å². The molecule has 0 radical (unpaired) electrons. The molecule has 0 bridgehead atoms. The van der Waals surface area contributed by atoms with Crippen LogP contribution in [0.2, 0.25) is 0 Å². The van der Waals surface area contributed by atoms with E-state index in [1.165, 1.54) is 14.7 Å². The summed E-state index contributed by atoms with van der Waals surface area (Å²) >= 11 is 2.34. The quantitative estimate of drug-likeness (QED) is 0.687. The van der Waals surface area contributed by atoms with Gasteiger partial charge in [-0.1, -0.05) is 31.2 Å². The summed E-state index contributed by atoms with van der Waals surface area (Å²) < 4.78 is 6.49. The summed E-state index contributed by atoms with van der Waals surface area (Å²) in [6.45, 7) is 4.43. The summed E-state index contributed by atoms with van der Waals surface area (Å²) in [5.74, 6) is 0.902. The van der Waals surface area contributed by atoms with Crippen molar-refractivity contribution in [1.82, 2.24) is 5.32 Å². The van der Waals surface area contributed by atoms with Gasteiger partial charge >= 0.3 is 0 Å². The van der Waals surface area contributed by atoms with Gasteiger partial charge in [0, 0.05) is 15.7 Å². The van der Waals surface area contributed by atoms with E-state index in [4.69, 9.17) is 4.74 Å². The Morgan fingerprint density at radius 1 is 1.00 bits per heavy atom. The van der Waals surface area contributed by atoms with Crippen LogP contribution in [0, 0.1) is 3.57 Å². The smallest absolute Gasteiger partial charge is 0.118 e. The van der Waals surface area contributed by atoms with E-state index in [2.05, 4.69) is 78.2 Å². The largest absolute Gasteiger partial charge is 0.497 e. The van der Waals surface area contributed by atoms with Crippen molar-refractivity contribution in [3.8, 4) is 5.75 Å². The second-order valence-electron chi connectivity index (χ2n) is 5.17. The van der Waals surface area contributed by atoms with Gasteiger partial charge in [0.05, 0.1) is 7.11 Å². The highest BCUT2D eigenvalue weighted by Crippen LogP contribution is 2.24. The fraction of sp³-hybridized carbons (Fsp3) is 0.333. The summed E-state index contributed by atoms with van der Waals surface area (Å²) in [6.07, 6.45) is 1.06. The van der Waals surface area contributed by atoms with Crippen LogP contribution in [0.15, 0.2) is 48.5 Å². The summed E-state index contributed by atoms with van der Waals surface area (Å²) in [7, 11) is 1.70. The van der Waals surface area contributed by atoms with Gasteiger partial charge in [0.2, 0.25) is 0 Å². The van der Waals surface area contributed by atoms with E-state index >= 15 is 0 Å². The third-order valence-corrected chi connectivity index (χ3v) is 4.47. The molecule has 2 nitrogen and oxygen atoms in total. The van der Waals surface area contributed by atoms with Crippen molar-refractivity contribution in [2.24, 2.45) is 0 Å². The summed E-state index contributed by atoms with van der Waals surface area (Å²) in [5, 5.41) is 3.71. The van der Waals surface area contributed by atoms with Gasteiger partial charge in [-0.25, -0.2) is 0 Å². The minimum absolute atomic E-state index is 0.328. The van der Waals surface area contributed by atoms with E-state index in [0.29, 0.717) is 12.1 Å². The molecule has 0 heterocycles. The Labute approximate surface area is 141 Å². The van der Waals surface area contributed by atoms with Crippen LogP contribution in [0.5, 0.6) is 5.75 Å². The van der Waals surface area contributed by atoms with Crippen LogP contribution < -0.4 is 10.1 Å². The van der Waals surface area contributed by atoms with Crippen LogP contribution in [0.4, 0.5) is 0 Å². The Hall–Kier alpha value is -1.07. The zero-order valence-corrected chi connectivity index (χ0v) is 14.9. The first-order valence-corrected chi connectivity index (χ1v) is 8.37. The SMILES string of the molecule is CCC(NC(C)c1ccc(I)cc1)c1ccc(OC)cc1. The number of ether oxygens (including phenoxy) is 1. The lowest BCUT2D eigenvalue weighted by molar-refractivity contribution is 0.413. The number of hydrogen-bond donors (Lipinski definition) is 1. The predicted octanol–water partition coefficient (Wildman–Crippen LogP) is 5.10. The molecule has 3 heteroatoms. The molecule has 0 spiro atoms. The summed E-state index contributed by atoms with van der Waals surface area (Å²) in [6, 6.07) is 17.7. The predicted molar refractivity (Wildman–Crippen MR) is 96.7 cm³/mol. The highest BCUT2D eigenvalue weighted by atomic mass is 127. The number of hydrogen-bond acceptors (Lipinski definition) is 2. The lowest BCUT2D eigenvalue weighted by Gasteiger charge is -2.23. The lowest BCUT2D eigenvalue weighted by atomic mass is 10.0. The molecule has 0 aliphatic heterocycles.